The molecule has 0 radical (unpaired) electrons. The van der Waals surface area contributed by atoms with E-state index in [1.807, 2.05) is 0 Å². The maximum atomic E-state index is 10.9. The van der Waals surface area contributed by atoms with E-state index in [-0.39, 0.29) is 16.9 Å². The number of hydrogen-bond donors (Lipinski definition) is 2. The molecular formula is C30H50O2. The second-order valence-electron chi connectivity index (χ2n) is 14.7. The molecule has 0 heterocycles. The van der Waals surface area contributed by atoms with Crippen LogP contribution in [0.15, 0.2) is 11.6 Å². The number of allylic oxidation sites excluding steroid dienone is 2. The molecule has 0 spiro atoms. The van der Waals surface area contributed by atoms with Crippen molar-refractivity contribution in [1.29, 1.82) is 0 Å². The molecule has 4 saturated carbocycles. The van der Waals surface area contributed by atoms with Gasteiger partial charge in [-0.1, -0.05) is 60.1 Å². The van der Waals surface area contributed by atoms with Gasteiger partial charge in [0.15, 0.2) is 0 Å². The Bertz CT molecular complexity index is 799. The zero-order valence-electron chi connectivity index (χ0n) is 22.0. The summed E-state index contributed by atoms with van der Waals surface area (Å²) in [6.07, 6.45) is 13.7. The van der Waals surface area contributed by atoms with Crippen molar-refractivity contribution in [3.05, 3.63) is 11.6 Å². The molecule has 2 nitrogen and oxygen atoms in total. The third-order valence-electron chi connectivity index (χ3n) is 13.3. The van der Waals surface area contributed by atoms with E-state index in [1.54, 1.807) is 5.57 Å². The Labute approximate surface area is 197 Å². The Morgan fingerprint density at radius 2 is 1.59 bits per heavy atom. The van der Waals surface area contributed by atoms with Gasteiger partial charge in [0.05, 0.1) is 6.10 Å². The molecule has 0 unspecified atom stereocenters. The van der Waals surface area contributed by atoms with Crippen LogP contribution in [0.3, 0.4) is 0 Å². The molecule has 5 aliphatic rings. The van der Waals surface area contributed by atoms with Crippen LogP contribution in [0.25, 0.3) is 0 Å². The summed E-state index contributed by atoms with van der Waals surface area (Å²) in [5.41, 5.74) is 3.02. The summed E-state index contributed by atoms with van der Waals surface area (Å²) in [5.74, 6) is 2.93. The average Bonchev–Trinajstić information content (AvgIpc) is 2.73. The van der Waals surface area contributed by atoms with Crippen LogP contribution < -0.4 is 0 Å². The van der Waals surface area contributed by atoms with Crippen LogP contribution in [0.4, 0.5) is 0 Å². The first kappa shape index (κ1) is 23.4. The van der Waals surface area contributed by atoms with Crippen LogP contribution in [-0.2, 0) is 0 Å². The van der Waals surface area contributed by atoms with E-state index in [2.05, 4.69) is 54.5 Å². The molecule has 5 rings (SSSR count). The van der Waals surface area contributed by atoms with Gasteiger partial charge in [-0.05, 0) is 114 Å². The smallest absolute Gasteiger partial charge is 0.0594 e. The van der Waals surface area contributed by atoms with Crippen molar-refractivity contribution in [1.82, 2.24) is 0 Å². The van der Waals surface area contributed by atoms with Crippen LogP contribution in [0.5, 0.6) is 0 Å². The SMILES string of the molecule is C[C@@H]1CC[C@]2(C)CC[C@]3(C)C(=CC[C@@H]4[C@@]5(C)CC[C@@H](O)C(C)(C)[C@@H]5CC[C@]43C)[C@H]2[C@H]1CO. The minimum atomic E-state index is -0.153. The molecule has 0 saturated heterocycles. The first-order valence-electron chi connectivity index (χ1n) is 13.8. The highest BCUT2D eigenvalue weighted by Crippen LogP contribution is 2.75. The fourth-order valence-corrected chi connectivity index (χ4v) is 10.9. The van der Waals surface area contributed by atoms with E-state index < -0.39 is 0 Å². The normalized spacial score (nSPS) is 56.8. The summed E-state index contributed by atoms with van der Waals surface area (Å²) >= 11 is 0. The summed E-state index contributed by atoms with van der Waals surface area (Å²) in [6.45, 7) is 17.9. The van der Waals surface area contributed by atoms with Gasteiger partial charge in [0.2, 0.25) is 0 Å². The topological polar surface area (TPSA) is 40.5 Å². The van der Waals surface area contributed by atoms with Crippen molar-refractivity contribution < 1.29 is 10.2 Å². The lowest BCUT2D eigenvalue weighted by Crippen LogP contribution is -2.64. The molecule has 10 atom stereocenters. The van der Waals surface area contributed by atoms with Gasteiger partial charge in [-0.15, -0.1) is 0 Å². The maximum absolute atomic E-state index is 10.9. The second-order valence-corrected chi connectivity index (χ2v) is 14.7. The van der Waals surface area contributed by atoms with Crippen molar-refractivity contribution in [2.75, 3.05) is 6.61 Å². The molecular weight excluding hydrogens is 392 g/mol. The highest BCUT2D eigenvalue weighted by Gasteiger charge is 2.68. The van der Waals surface area contributed by atoms with Crippen LogP contribution in [0.2, 0.25) is 0 Å². The Balaban J connectivity index is 1.59. The van der Waals surface area contributed by atoms with E-state index >= 15 is 0 Å². The standard InChI is InChI=1S/C30H50O2/c1-19-10-13-27(4)16-17-29(6)21(25(27)20(19)18-31)8-9-23-28(5)14-12-24(32)26(2,3)22(28)11-15-30(23,29)7/h8,19-20,22-25,31-32H,9-18H2,1-7H3/t19-,20+,22+,23-,24-,25-,27-,28+,29-,30-/m1/s1. The summed E-state index contributed by atoms with van der Waals surface area (Å²) in [5, 5.41) is 21.4. The van der Waals surface area contributed by atoms with Crippen LogP contribution >= 0.6 is 0 Å². The number of fused-ring (bicyclic) bond motifs is 7. The number of hydrogen-bond acceptors (Lipinski definition) is 2. The minimum Gasteiger partial charge on any atom is -0.396 e. The first-order chi connectivity index (χ1) is 14.8. The Morgan fingerprint density at radius 1 is 0.875 bits per heavy atom. The number of aliphatic hydroxyl groups excluding tert-OH is 2. The molecule has 0 aromatic heterocycles. The van der Waals surface area contributed by atoms with Gasteiger partial charge in [0.1, 0.15) is 0 Å². The molecule has 2 heteroatoms. The molecule has 2 N–H and O–H groups in total. The molecule has 0 aromatic rings. The Kier molecular flexibility index (Phi) is 5.19. The average molecular weight is 443 g/mol. The summed E-state index contributed by atoms with van der Waals surface area (Å²) < 4.78 is 0. The summed E-state index contributed by atoms with van der Waals surface area (Å²) in [6, 6.07) is 0. The molecule has 32 heavy (non-hydrogen) atoms. The van der Waals surface area contributed by atoms with Crippen molar-refractivity contribution in [2.45, 2.75) is 112 Å². The third kappa shape index (κ3) is 2.72. The van der Waals surface area contributed by atoms with Crippen molar-refractivity contribution in [2.24, 2.45) is 56.7 Å². The molecule has 0 aromatic carbocycles. The molecule has 4 fully saturated rings. The maximum Gasteiger partial charge on any atom is 0.0594 e. The van der Waals surface area contributed by atoms with E-state index in [0.29, 0.717) is 52.4 Å². The summed E-state index contributed by atoms with van der Waals surface area (Å²) in [7, 11) is 0. The number of rotatable bonds is 1. The predicted octanol–water partition coefficient (Wildman–Crippen LogP) is 7.00. The third-order valence-corrected chi connectivity index (χ3v) is 13.3. The van der Waals surface area contributed by atoms with Crippen molar-refractivity contribution in [3.8, 4) is 0 Å². The first-order valence-corrected chi connectivity index (χ1v) is 13.8. The van der Waals surface area contributed by atoms with Gasteiger partial charge >= 0.3 is 0 Å². The zero-order chi connectivity index (χ0) is 23.3. The van der Waals surface area contributed by atoms with Gasteiger partial charge in [-0.3, -0.25) is 0 Å². The molecule has 182 valence electrons. The predicted molar refractivity (Wildman–Crippen MR) is 132 cm³/mol. The van der Waals surface area contributed by atoms with Crippen molar-refractivity contribution >= 4 is 0 Å². The van der Waals surface area contributed by atoms with Crippen LogP contribution in [0, 0.1) is 56.7 Å². The molecule has 5 aliphatic carbocycles. The lowest BCUT2D eigenvalue weighted by molar-refractivity contribution is -0.204. The van der Waals surface area contributed by atoms with Gasteiger partial charge in [-0.25, -0.2) is 0 Å². The Hall–Kier alpha value is -0.340. The highest BCUT2D eigenvalue weighted by molar-refractivity contribution is 5.34. The molecule has 0 bridgehead atoms. The van der Waals surface area contributed by atoms with Crippen molar-refractivity contribution in [3.63, 3.8) is 0 Å². The fraction of sp³-hybridized carbons (Fsp3) is 0.933. The molecule has 0 amide bonds. The monoisotopic (exact) mass is 442 g/mol. The fourth-order valence-electron chi connectivity index (χ4n) is 10.9. The number of aliphatic hydroxyl groups is 2. The lowest BCUT2D eigenvalue weighted by Gasteiger charge is -2.71. The van der Waals surface area contributed by atoms with Gasteiger partial charge in [-0.2, -0.15) is 0 Å². The highest BCUT2D eigenvalue weighted by atomic mass is 16.3. The van der Waals surface area contributed by atoms with Gasteiger partial charge in [0.25, 0.3) is 0 Å². The van der Waals surface area contributed by atoms with Crippen LogP contribution in [0.1, 0.15) is 106 Å². The largest absolute Gasteiger partial charge is 0.396 e. The van der Waals surface area contributed by atoms with Crippen LogP contribution in [-0.4, -0.2) is 22.9 Å². The zero-order valence-corrected chi connectivity index (χ0v) is 22.0. The van der Waals surface area contributed by atoms with E-state index in [1.165, 1.54) is 51.4 Å². The Morgan fingerprint density at radius 3 is 2.28 bits per heavy atom. The van der Waals surface area contributed by atoms with E-state index in [4.69, 9.17) is 0 Å². The summed E-state index contributed by atoms with van der Waals surface area (Å²) in [4.78, 5) is 0. The van der Waals surface area contributed by atoms with E-state index in [9.17, 15) is 10.2 Å². The molecule has 0 aliphatic heterocycles. The van der Waals surface area contributed by atoms with Gasteiger partial charge in [0, 0.05) is 6.61 Å². The lowest BCUT2D eigenvalue weighted by atomic mass is 9.33. The minimum absolute atomic E-state index is 0.0190. The quantitative estimate of drug-likeness (QED) is 0.429. The van der Waals surface area contributed by atoms with Gasteiger partial charge < -0.3 is 10.2 Å². The second kappa shape index (κ2) is 7.09. The van der Waals surface area contributed by atoms with E-state index in [0.717, 1.165) is 6.42 Å².